The van der Waals surface area contributed by atoms with Crippen LogP contribution in [-0.2, 0) is 20.7 Å². The van der Waals surface area contributed by atoms with Gasteiger partial charge in [-0.15, -0.1) is 0 Å². The Hall–Kier alpha value is -3.28. The van der Waals surface area contributed by atoms with Crippen LogP contribution in [0.1, 0.15) is 12.0 Å². The van der Waals surface area contributed by atoms with E-state index in [4.69, 9.17) is 4.74 Å². The number of hydrogen-bond donors (Lipinski definition) is 1. The second-order valence-electron chi connectivity index (χ2n) is 8.34. The highest BCUT2D eigenvalue weighted by atomic mass is 19.3. The maximum atomic E-state index is 15.5. The highest BCUT2D eigenvalue weighted by molar-refractivity contribution is 5.81. The maximum Gasteiger partial charge on any atom is 0.410 e. The van der Waals surface area contributed by atoms with E-state index >= 15 is 4.39 Å². The minimum atomic E-state index is -2.94. The molecule has 4 rings (SSSR count). The SMILES string of the molecule is O=C1N[C@@]2(CCN(C(=O)OCC(F)F)[C@@H]2Cc2cc(F)cc(-c3cccc(F)c3)c2F)COC1F. The predicted molar refractivity (Wildman–Crippen MR) is 110 cm³/mol. The number of likely N-dealkylation sites (tertiary alicyclic amines) is 1. The summed E-state index contributed by atoms with van der Waals surface area (Å²) in [7, 11) is 0. The molecule has 0 bridgehead atoms. The fourth-order valence-corrected chi connectivity index (χ4v) is 4.50. The third-order valence-corrected chi connectivity index (χ3v) is 6.11. The molecule has 2 aliphatic rings. The molecule has 1 N–H and O–H groups in total. The van der Waals surface area contributed by atoms with Crippen molar-refractivity contribution in [2.45, 2.75) is 37.2 Å². The van der Waals surface area contributed by atoms with Crippen molar-refractivity contribution in [1.29, 1.82) is 0 Å². The molecule has 2 heterocycles. The summed E-state index contributed by atoms with van der Waals surface area (Å²) < 4.78 is 92.0. The van der Waals surface area contributed by atoms with Crippen molar-refractivity contribution in [2.24, 2.45) is 0 Å². The molecule has 0 saturated carbocycles. The lowest BCUT2D eigenvalue weighted by Crippen LogP contribution is -2.65. The van der Waals surface area contributed by atoms with Crippen molar-refractivity contribution < 1.29 is 45.4 Å². The van der Waals surface area contributed by atoms with Gasteiger partial charge in [0.25, 0.3) is 18.7 Å². The average Bonchev–Trinajstić information content (AvgIpc) is 3.14. The summed E-state index contributed by atoms with van der Waals surface area (Å²) in [5.74, 6) is -3.55. The molecule has 3 atom stereocenters. The molecule has 2 amide bonds. The number of rotatable bonds is 5. The number of benzene rings is 2. The van der Waals surface area contributed by atoms with Crippen LogP contribution >= 0.6 is 0 Å². The Balaban J connectivity index is 1.71. The summed E-state index contributed by atoms with van der Waals surface area (Å²) >= 11 is 0. The topological polar surface area (TPSA) is 67.9 Å². The van der Waals surface area contributed by atoms with E-state index in [1.54, 1.807) is 0 Å². The molecule has 0 radical (unpaired) electrons. The number of carbonyl (C=O) groups is 2. The number of halogens is 6. The molecule has 35 heavy (non-hydrogen) atoms. The molecular weight excluding hydrogens is 482 g/mol. The number of ether oxygens (including phenoxy) is 2. The lowest BCUT2D eigenvalue weighted by molar-refractivity contribution is -0.163. The van der Waals surface area contributed by atoms with Gasteiger partial charge < -0.3 is 19.7 Å². The van der Waals surface area contributed by atoms with Crippen LogP contribution in [0.2, 0.25) is 0 Å². The zero-order chi connectivity index (χ0) is 25.3. The first-order chi connectivity index (χ1) is 16.6. The van der Waals surface area contributed by atoms with Crippen LogP contribution in [0, 0.1) is 17.5 Å². The minimum absolute atomic E-state index is 0.0214. The van der Waals surface area contributed by atoms with E-state index in [0.29, 0.717) is 0 Å². The van der Waals surface area contributed by atoms with Gasteiger partial charge in [0.05, 0.1) is 18.2 Å². The van der Waals surface area contributed by atoms with E-state index in [1.807, 2.05) is 0 Å². The Bertz CT molecular complexity index is 1130. The number of morpholine rings is 1. The number of hydrogen-bond acceptors (Lipinski definition) is 4. The Morgan fingerprint density at radius 1 is 1.20 bits per heavy atom. The van der Waals surface area contributed by atoms with Crippen LogP contribution in [0.25, 0.3) is 11.1 Å². The molecule has 1 spiro atoms. The highest BCUT2D eigenvalue weighted by Crippen LogP contribution is 2.36. The Labute approximate surface area is 195 Å². The third kappa shape index (κ3) is 5.07. The van der Waals surface area contributed by atoms with Gasteiger partial charge in [-0.3, -0.25) is 4.79 Å². The van der Waals surface area contributed by atoms with E-state index in [2.05, 4.69) is 10.1 Å². The molecular formula is C23H20F6N2O4. The van der Waals surface area contributed by atoms with Gasteiger partial charge in [-0.2, -0.15) is 0 Å². The van der Waals surface area contributed by atoms with Gasteiger partial charge in [0.15, 0.2) is 6.61 Å². The second-order valence-corrected chi connectivity index (χ2v) is 8.34. The van der Waals surface area contributed by atoms with E-state index in [1.165, 1.54) is 12.1 Å². The Morgan fingerprint density at radius 3 is 2.66 bits per heavy atom. The third-order valence-electron chi connectivity index (χ3n) is 6.11. The minimum Gasteiger partial charge on any atom is -0.443 e. The van der Waals surface area contributed by atoms with E-state index in [9.17, 15) is 31.5 Å². The van der Waals surface area contributed by atoms with Crippen LogP contribution in [0.15, 0.2) is 36.4 Å². The molecule has 12 heteroatoms. The van der Waals surface area contributed by atoms with Crippen LogP contribution in [0.3, 0.4) is 0 Å². The molecule has 1 unspecified atom stereocenters. The average molecular weight is 502 g/mol. The normalized spacial score (nSPS) is 24.2. The number of carbonyl (C=O) groups excluding carboxylic acids is 2. The molecule has 2 aliphatic heterocycles. The quantitative estimate of drug-likeness (QED) is 0.629. The van der Waals surface area contributed by atoms with E-state index < -0.39 is 73.5 Å². The predicted octanol–water partition coefficient (Wildman–Crippen LogP) is 3.97. The van der Waals surface area contributed by atoms with Crippen LogP contribution in [0.4, 0.5) is 31.1 Å². The van der Waals surface area contributed by atoms with Gasteiger partial charge in [-0.05, 0) is 48.2 Å². The summed E-state index contributed by atoms with van der Waals surface area (Å²) in [5, 5.41) is 2.45. The Morgan fingerprint density at radius 2 is 1.97 bits per heavy atom. The van der Waals surface area contributed by atoms with Crippen LogP contribution in [-0.4, -0.2) is 61.0 Å². The van der Waals surface area contributed by atoms with Crippen molar-refractivity contribution in [3.05, 3.63) is 59.4 Å². The smallest absolute Gasteiger partial charge is 0.410 e. The zero-order valence-electron chi connectivity index (χ0n) is 18.1. The first kappa shape index (κ1) is 24.8. The van der Waals surface area contributed by atoms with Crippen molar-refractivity contribution in [2.75, 3.05) is 19.8 Å². The van der Waals surface area contributed by atoms with Crippen molar-refractivity contribution in [3.8, 4) is 11.1 Å². The highest BCUT2D eigenvalue weighted by Gasteiger charge is 2.54. The van der Waals surface area contributed by atoms with Gasteiger partial charge in [0, 0.05) is 12.1 Å². The lowest BCUT2D eigenvalue weighted by Gasteiger charge is -2.41. The van der Waals surface area contributed by atoms with Gasteiger partial charge in [-0.1, -0.05) is 12.1 Å². The molecule has 2 aromatic carbocycles. The summed E-state index contributed by atoms with van der Waals surface area (Å²) in [6, 6.07) is 5.46. The molecule has 2 fully saturated rings. The van der Waals surface area contributed by atoms with Gasteiger partial charge >= 0.3 is 6.09 Å². The van der Waals surface area contributed by atoms with Gasteiger partial charge in [0.2, 0.25) is 0 Å². The number of nitrogens with one attached hydrogen (secondary N) is 1. The number of nitrogens with zero attached hydrogens (tertiary/aromatic N) is 1. The van der Waals surface area contributed by atoms with Gasteiger partial charge in [0.1, 0.15) is 17.5 Å². The fourth-order valence-electron chi connectivity index (χ4n) is 4.50. The van der Waals surface area contributed by atoms with E-state index in [0.717, 1.165) is 29.2 Å². The summed E-state index contributed by atoms with van der Waals surface area (Å²) in [6.45, 7) is -1.71. The molecule has 0 aromatic heterocycles. The summed E-state index contributed by atoms with van der Waals surface area (Å²) in [6.07, 6.45) is -6.74. The maximum absolute atomic E-state index is 15.5. The van der Waals surface area contributed by atoms with Crippen molar-refractivity contribution in [3.63, 3.8) is 0 Å². The largest absolute Gasteiger partial charge is 0.443 e. The van der Waals surface area contributed by atoms with Gasteiger partial charge in [-0.25, -0.2) is 31.1 Å². The number of alkyl halides is 3. The van der Waals surface area contributed by atoms with E-state index in [-0.39, 0.29) is 29.7 Å². The first-order valence-corrected chi connectivity index (χ1v) is 10.6. The molecule has 6 nitrogen and oxygen atoms in total. The number of amides is 2. The summed E-state index contributed by atoms with van der Waals surface area (Å²) in [4.78, 5) is 25.6. The van der Waals surface area contributed by atoms with Crippen LogP contribution < -0.4 is 5.32 Å². The monoisotopic (exact) mass is 502 g/mol. The first-order valence-electron chi connectivity index (χ1n) is 10.6. The molecule has 188 valence electrons. The fraction of sp³-hybridized carbons (Fsp3) is 0.391. The lowest BCUT2D eigenvalue weighted by atomic mass is 9.85. The zero-order valence-corrected chi connectivity index (χ0v) is 18.1. The standard InChI is InChI=1S/C23H20F6N2O4/c24-14-3-1-2-12(6-14)16-9-15(25)7-13(19(16)28)8-17-23(11-35-20(29)21(32)30-23)4-5-31(17)22(33)34-10-18(26)27/h1-3,6-7,9,17-18,20H,4-5,8,10-11H2,(H,30,32)/t17-,20?,23+/m1/s1. The molecule has 0 aliphatic carbocycles. The molecule has 2 aromatic rings. The molecule has 2 saturated heterocycles. The van der Waals surface area contributed by atoms with Crippen molar-refractivity contribution >= 4 is 12.0 Å². The van der Waals surface area contributed by atoms with Crippen LogP contribution in [0.5, 0.6) is 0 Å². The summed E-state index contributed by atoms with van der Waals surface area (Å²) in [5.41, 5.74) is -1.82. The Kier molecular flexibility index (Phi) is 6.93. The second kappa shape index (κ2) is 9.76. The van der Waals surface area contributed by atoms with Crippen molar-refractivity contribution in [1.82, 2.24) is 10.2 Å².